The van der Waals surface area contributed by atoms with Crippen LogP contribution < -0.4 is 5.32 Å². The third kappa shape index (κ3) is 1.48. The number of rotatable bonds is 2. The van der Waals surface area contributed by atoms with Gasteiger partial charge in [0.2, 0.25) is 5.91 Å². The van der Waals surface area contributed by atoms with Gasteiger partial charge in [0.1, 0.15) is 0 Å². The van der Waals surface area contributed by atoms with E-state index in [0.29, 0.717) is 11.3 Å². The fraction of sp³-hybridized carbons (Fsp3) is 0.923. The highest BCUT2D eigenvalue weighted by molar-refractivity contribution is 5.91. The molecule has 1 atom stereocenters. The largest absolute Gasteiger partial charge is 0.325 e. The van der Waals surface area contributed by atoms with Crippen LogP contribution >= 0.6 is 0 Å². The lowest BCUT2D eigenvalue weighted by Gasteiger charge is -2.32. The van der Waals surface area contributed by atoms with Crippen LogP contribution in [-0.2, 0) is 4.79 Å². The lowest BCUT2D eigenvalue weighted by atomic mass is 9.88. The fourth-order valence-electron chi connectivity index (χ4n) is 3.48. The average Bonchev–Trinajstić information content (AvgIpc) is 2.83. The van der Waals surface area contributed by atoms with Crippen molar-refractivity contribution in [2.45, 2.75) is 64.1 Å². The summed E-state index contributed by atoms with van der Waals surface area (Å²) in [6.45, 7) is 5.43. The quantitative estimate of drug-likeness (QED) is 0.773. The zero-order valence-corrected chi connectivity index (χ0v) is 10.4. The number of nitrogens with one attached hydrogen (secondary N) is 1. The van der Waals surface area contributed by atoms with E-state index in [4.69, 9.17) is 0 Å². The number of hydrogen-bond acceptors (Lipinski definition) is 2. The van der Waals surface area contributed by atoms with Gasteiger partial charge in [-0.25, -0.2) is 0 Å². The highest BCUT2D eigenvalue weighted by Crippen LogP contribution is 2.45. The van der Waals surface area contributed by atoms with Gasteiger partial charge in [0.15, 0.2) is 0 Å². The summed E-state index contributed by atoms with van der Waals surface area (Å²) in [4.78, 5) is 14.4. The molecular weight excluding hydrogens is 200 g/mol. The number of carbonyl (C=O) groups excluding carboxylic acids is 1. The molecule has 0 bridgehead atoms. The number of carbonyl (C=O) groups is 1. The van der Waals surface area contributed by atoms with E-state index in [2.05, 4.69) is 24.1 Å². The molecule has 3 nitrogen and oxygen atoms in total. The smallest absolute Gasteiger partial charge is 0.244 e. The minimum Gasteiger partial charge on any atom is -0.325 e. The van der Waals surface area contributed by atoms with Gasteiger partial charge in [-0.05, 0) is 38.0 Å². The molecule has 1 amide bonds. The maximum atomic E-state index is 12.3. The molecule has 2 saturated carbocycles. The van der Waals surface area contributed by atoms with Gasteiger partial charge < -0.3 is 4.90 Å². The van der Waals surface area contributed by atoms with Crippen molar-refractivity contribution in [3.8, 4) is 0 Å². The molecule has 1 unspecified atom stereocenters. The van der Waals surface area contributed by atoms with Crippen LogP contribution in [0.1, 0.15) is 52.4 Å². The molecule has 90 valence electrons. The van der Waals surface area contributed by atoms with E-state index in [-0.39, 0.29) is 11.7 Å². The second-order valence-electron chi connectivity index (χ2n) is 6.35. The van der Waals surface area contributed by atoms with E-state index >= 15 is 0 Å². The third-order valence-electron chi connectivity index (χ3n) is 4.74. The van der Waals surface area contributed by atoms with E-state index < -0.39 is 0 Å². The predicted molar refractivity (Wildman–Crippen MR) is 62.9 cm³/mol. The topological polar surface area (TPSA) is 32.3 Å². The van der Waals surface area contributed by atoms with Gasteiger partial charge in [0.25, 0.3) is 0 Å². The Morgan fingerprint density at radius 3 is 2.44 bits per heavy atom. The summed E-state index contributed by atoms with van der Waals surface area (Å²) in [5, 5.41) is 3.47. The molecule has 1 heterocycles. The summed E-state index contributed by atoms with van der Waals surface area (Å²) < 4.78 is 0. The minimum atomic E-state index is -0.131. The molecule has 2 aliphatic carbocycles. The lowest BCUT2D eigenvalue weighted by Crippen LogP contribution is -2.41. The Bertz CT molecular complexity index is 316. The normalized spacial score (nSPS) is 35.0. The number of amides is 1. The summed E-state index contributed by atoms with van der Waals surface area (Å²) in [7, 11) is 0. The van der Waals surface area contributed by atoms with Crippen LogP contribution in [0.4, 0.5) is 0 Å². The summed E-state index contributed by atoms with van der Waals surface area (Å²) in [6, 6.07) is 0. The Morgan fingerprint density at radius 1 is 1.31 bits per heavy atom. The second-order valence-corrected chi connectivity index (χ2v) is 6.35. The summed E-state index contributed by atoms with van der Waals surface area (Å²) in [5.41, 5.74) is 0.250. The SMILES string of the molecule is CC1NC2(CC2)C(=O)N1CC1(C)CCCC1. The fourth-order valence-corrected chi connectivity index (χ4v) is 3.48. The molecule has 1 spiro atoms. The molecule has 16 heavy (non-hydrogen) atoms. The first-order valence-corrected chi connectivity index (χ1v) is 6.64. The van der Waals surface area contributed by atoms with Gasteiger partial charge >= 0.3 is 0 Å². The van der Waals surface area contributed by atoms with Gasteiger partial charge in [-0.3, -0.25) is 10.1 Å². The van der Waals surface area contributed by atoms with Crippen molar-refractivity contribution in [3.05, 3.63) is 0 Å². The van der Waals surface area contributed by atoms with Crippen LogP contribution in [0.15, 0.2) is 0 Å². The van der Waals surface area contributed by atoms with Gasteiger partial charge in [-0.2, -0.15) is 0 Å². The Labute approximate surface area is 97.6 Å². The van der Waals surface area contributed by atoms with E-state index in [1.807, 2.05) is 0 Å². The summed E-state index contributed by atoms with van der Waals surface area (Å²) in [6.07, 6.45) is 7.59. The average molecular weight is 222 g/mol. The van der Waals surface area contributed by atoms with Gasteiger partial charge in [-0.1, -0.05) is 19.8 Å². The predicted octanol–water partition coefficient (Wildman–Crippen LogP) is 1.88. The molecule has 3 rings (SSSR count). The zero-order chi connectivity index (χ0) is 11.4. The standard InChI is InChI=1S/C13H22N2O/c1-10-14-13(7-8-13)11(16)15(10)9-12(2)5-3-4-6-12/h10,14H,3-9H2,1-2H3. The molecule has 1 N–H and O–H groups in total. The van der Waals surface area contributed by atoms with Crippen molar-refractivity contribution in [3.63, 3.8) is 0 Å². The zero-order valence-electron chi connectivity index (χ0n) is 10.4. The highest BCUT2D eigenvalue weighted by Gasteiger charge is 2.58. The maximum absolute atomic E-state index is 12.3. The Hall–Kier alpha value is -0.570. The highest BCUT2D eigenvalue weighted by atomic mass is 16.2. The second kappa shape index (κ2) is 3.22. The van der Waals surface area contributed by atoms with Crippen LogP contribution in [0.2, 0.25) is 0 Å². The van der Waals surface area contributed by atoms with Gasteiger partial charge in [-0.15, -0.1) is 0 Å². The monoisotopic (exact) mass is 222 g/mol. The van der Waals surface area contributed by atoms with Crippen molar-refractivity contribution < 1.29 is 4.79 Å². The number of nitrogens with zero attached hydrogens (tertiary/aromatic N) is 1. The van der Waals surface area contributed by atoms with Crippen LogP contribution in [0, 0.1) is 5.41 Å². The first-order chi connectivity index (χ1) is 7.55. The molecule has 1 aliphatic heterocycles. The van der Waals surface area contributed by atoms with Crippen molar-refractivity contribution in [2.24, 2.45) is 5.41 Å². The van der Waals surface area contributed by atoms with E-state index in [1.54, 1.807) is 0 Å². The molecule has 3 fully saturated rings. The third-order valence-corrected chi connectivity index (χ3v) is 4.74. The first kappa shape index (κ1) is 10.6. The molecule has 1 saturated heterocycles. The molecule has 0 aromatic carbocycles. The van der Waals surface area contributed by atoms with E-state index in [0.717, 1.165) is 19.4 Å². The summed E-state index contributed by atoms with van der Waals surface area (Å²) >= 11 is 0. The van der Waals surface area contributed by atoms with Crippen LogP contribution in [0.25, 0.3) is 0 Å². The molecular formula is C13H22N2O. The van der Waals surface area contributed by atoms with Crippen molar-refractivity contribution in [1.29, 1.82) is 0 Å². The molecule has 0 aromatic heterocycles. The molecule has 3 aliphatic rings. The van der Waals surface area contributed by atoms with Crippen LogP contribution in [-0.4, -0.2) is 29.1 Å². The van der Waals surface area contributed by atoms with Gasteiger partial charge in [0.05, 0.1) is 11.7 Å². The van der Waals surface area contributed by atoms with Crippen molar-refractivity contribution >= 4 is 5.91 Å². The number of hydrogen-bond donors (Lipinski definition) is 1. The Morgan fingerprint density at radius 2 is 1.94 bits per heavy atom. The van der Waals surface area contributed by atoms with E-state index in [9.17, 15) is 4.79 Å². The maximum Gasteiger partial charge on any atom is 0.244 e. The molecule has 0 radical (unpaired) electrons. The van der Waals surface area contributed by atoms with Crippen molar-refractivity contribution in [1.82, 2.24) is 10.2 Å². The lowest BCUT2D eigenvalue weighted by molar-refractivity contribution is -0.132. The Kier molecular flexibility index (Phi) is 2.13. The van der Waals surface area contributed by atoms with E-state index in [1.165, 1.54) is 25.7 Å². The Balaban J connectivity index is 1.72. The summed E-state index contributed by atoms with van der Waals surface area (Å²) in [5.74, 6) is 0.369. The van der Waals surface area contributed by atoms with Crippen molar-refractivity contribution in [2.75, 3.05) is 6.54 Å². The van der Waals surface area contributed by atoms with Gasteiger partial charge in [0, 0.05) is 6.54 Å². The molecule has 0 aromatic rings. The van der Waals surface area contributed by atoms with Crippen LogP contribution in [0.5, 0.6) is 0 Å². The minimum absolute atomic E-state index is 0.131. The molecule has 3 heteroatoms. The first-order valence-electron chi connectivity index (χ1n) is 6.64. The van der Waals surface area contributed by atoms with Crippen LogP contribution in [0.3, 0.4) is 0 Å².